The Labute approximate surface area is 77.9 Å². The van der Waals surface area contributed by atoms with Gasteiger partial charge in [-0.2, -0.15) is 0 Å². The van der Waals surface area contributed by atoms with Gasteiger partial charge in [-0.25, -0.2) is 0 Å². The second kappa shape index (κ2) is 14.3. The van der Waals surface area contributed by atoms with Gasteiger partial charge in [0.15, 0.2) is 0 Å². The van der Waals surface area contributed by atoms with E-state index in [4.69, 9.17) is 5.11 Å². The van der Waals surface area contributed by atoms with Gasteiger partial charge in [0.25, 0.3) is 0 Å². The van der Waals surface area contributed by atoms with Crippen molar-refractivity contribution in [3.8, 4) is 5.75 Å². The molecule has 0 aliphatic heterocycles. The molecule has 0 radical (unpaired) electrons. The Hall–Kier alpha value is -0.230. The van der Waals surface area contributed by atoms with Crippen molar-refractivity contribution in [1.29, 1.82) is 0 Å². The molecule has 0 aromatic rings. The van der Waals surface area contributed by atoms with Gasteiger partial charge < -0.3 is 21.9 Å². The van der Waals surface area contributed by atoms with Crippen molar-refractivity contribution >= 4 is 7.92 Å². The van der Waals surface area contributed by atoms with Gasteiger partial charge >= 0.3 is 55.1 Å². The molecule has 0 saturated carbocycles. The molecule has 0 rings (SSSR count). The summed E-state index contributed by atoms with van der Waals surface area (Å²) in [4.78, 5) is 0. The predicted molar refractivity (Wildman–Crippen MR) is 50.0 cm³/mol. The van der Waals surface area contributed by atoms with Crippen LogP contribution in [0.3, 0.4) is 0 Å². The number of hydrogen-bond acceptors (Lipinski definition) is 2. The fourth-order valence-electron chi connectivity index (χ4n) is 0.411. The van der Waals surface area contributed by atoms with Crippen LogP contribution in [0.4, 0.5) is 0 Å². The second-order valence-corrected chi connectivity index (χ2v) is 2.71. The van der Waals surface area contributed by atoms with Crippen LogP contribution < -0.4 is 0 Å². The van der Waals surface area contributed by atoms with Crippen LogP contribution in [0.2, 0.25) is 0 Å². The molecule has 0 heterocycles. The van der Waals surface area contributed by atoms with Crippen LogP contribution in [0.25, 0.3) is 0 Å². The van der Waals surface area contributed by atoms with Crippen molar-refractivity contribution in [1.82, 2.24) is 0 Å². The molecule has 0 aliphatic rings. The number of hydrogen-bond donors (Lipinski definition) is 1. The molecular weight excluding hydrogens is 201 g/mol. The first kappa shape index (κ1) is 29.3. The Morgan fingerprint density at radius 2 is 1.62 bits per heavy atom. The van der Waals surface area contributed by atoms with Gasteiger partial charge in [-0.15, -0.1) is 0 Å². The van der Waals surface area contributed by atoms with E-state index >= 15 is 0 Å². The zero-order chi connectivity index (χ0) is 7.33. The van der Waals surface area contributed by atoms with Gasteiger partial charge in [-0.05, 0) is 0 Å². The molecule has 8 heteroatoms. The molecule has 9 N–H and O–H groups in total. The largest absolute Gasteiger partial charge is 0.412 e. The van der Waals surface area contributed by atoms with Crippen molar-refractivity contribution in [3.05, 3.63) is 0 Å². The molecule has 0 fully saturated rings. The third-order valence-electron chi connectivity index (χ3n) is 0.971. The minimum atomic E-state index is -0.105. The summed E-state index contributed by atoms with van der Waals surface area (Å²) < 4.78 is 10.3. The molecule has 0 spiro atoms. The van der Waals surface area contributed by atoms with E-state index in [2.05, 4.69) is 5.75 Å². The van der Waals surface area contributed by atoms with Crippen LogP contribution in [0.5, 0.6) is 0 Å². The summed E-state index contributed by atoms with van der Waals surface area (Å²) in [5.41, 5.74) is 0. The monoisotopic (exact) mass is 220 g/mol. The Morgan fingerprint density at radius 1 is 1.23 bits per heavy atom. The number of quaternary nitrogens is 1. The molecule has 84 valence electrons. The fraction of sp³-hybridized carbons (Fsp3) is 0.800. The third-order valence-corrected chi connectivity index (χ3v) is 1.59. The number of aliphatic hydroxyl groups excluding tert-OH is 1. The van der Waals surface area contributed by atoms with Crippen LogP contribution in [-0.4, -0.2) is 58.7 Å². The van der Waals surface area contributed by atoms with E-state index in [1.54, 1.807) is 0 Å². The summed E-state index contributed by atoms with van der Waals surface area (Å²) >= 11 is 0. The summed E-state index contributed by atoms with van der Waals surface area (Å²) in [6.45, 7) is 0.644. The number of rotatable bonds is 2. The molecule has 0 aromatic heterocycles. The van der Waals surface area contributed by atoms with Crippen molar-refractivity contribution in [2.24, 2.45) is 0 Å². The Kier molecular flexibility index (Phi) is 32.2. The molecule has 0 amide bonds. The zero-order valence-electron chi connectivity index (χ0n) is 7.66. The van der Waals surface area contributed by atoms with Gasteiger partial charge in [0.1, 0.15) is 0 Å². The molecule has 0 saturated heterocycles. The maximum absolute atomic E-state index is 9.98. The minimum Gasteiger partial charge on any atom is -0.412 e. The Morgan fingerprint density at radius 3 is 1.85 bits per heavy atom. The van der Waals surface area contributed by atoms with Crippen LogP contribution in [0.15, 0.2) is 0 Å². The van der Waals surface area contributed by atoms with Crippen molar-refractivity contribution in [3.63, 3.8) is 0 Å². The van der Waals surface area contributed by atoms with Gasteiger partial charge in [-0.3, -0.25) is 0 Å². The topological polar surface area (TPSA) is 163 Å². The number of aliphatic hydroxyl groups is 1. The maximum Gasteiger partial charge on any atom is -0.412 e. The summed E-state index contributed by atoms with van der Waals surface area (Å²) in [6.07, 6.45) is 0. The molecule has 0 aromatic carbocycles. The van der Waals surface area contributed by atoms with Crippen LogP contribution in [0, 0.1) is 5.75 Å². The predicted octanol–water partition coefficient (Wildman–Crippen LogP) is -3.04. The first-order chi connectivity index (χ1) is 4.12. The first-order valence-corrected chi connectivity index (χ1v) is 3.47. The summed E-state index contributed by atoms with van der Waals surface area (Å²) in [5.74, 6) is 2.62. The standard InChI is InChI=1S/C5H11NO2P.4H2O/c1-6(2,3-4-7)5-9-8;;;;/h7H,3-4H2,1-2H3;4*1H2/q+1;;;;. The smallest absolute Gasteiger partial charge is 0.412 e. The van der Waals surface area contributed by atoms with Crippen molar-refractivity contribution < 1.29 is 36.1 Å². The van der Waals surface area contributed by atoms with Gasteiger partial charge in [0, 0.05) is 0 Å². The normalized spacial score (nSPS) is 7.31. The van der Waals surface area contributed by atoms with E-state index in [1.165, 1.54) is 0 Å². The molecule has 7 nitrogen and oxygen atoms in total. The van der Waals surface area contributed by atoms with Gasteiger partial charge in [0.05, 0.1) is 0 Å². The average Bonchev–Trinajstić information content (AvgIpc) is 1.64. The summed E-state index contributed by atoms with van der Waals surface area (Å²) in [5, 5.41) is 8.47. The average molecular weight is 220 g/mol. The molecule has 0 aliphatic carbocycles. The van der Waals surface area contributed by atoms with E-state index in [1.807, 2.05) is 14.1 Å². The molecule has 0 unspecified atom stereocenters. The van der Waals surface area contributed by atoms with Crippen LogP contribution in [0.1, 0.15) is 0 Å². The number of nitrogens with zero attached hydrogens (tertiary/aromatic N) is 1. The van der Waals surface area contributed by atoms with Crippen molar-refractivity contribution in [2.45, 2.75) is 0 Å². The van der Waals surface area contributed by atoms with Gasteiger partial charge in [-0.1, -0.05) is 0 Å². The Balaban J connectivity index is -0.0000000533. The SMILES string of the molecule is C[N+](C)(C#P=O)CCO.O.O.O.O. The molecule has 0 bridgehead atoms. The summed E-state index contributed by atoms with van der Waals surface area (Å²) in [7, 11) is 3.54. The van der Waals surface area contributed by atoms with Gasteiger partial charge in [0.2, 0.25) is 0 Å². The molecule has 13 heavy (non-hydrogen) atoms. The zero-order valence-corrected chi connectivity index (χ0v) is 8.56. The number of likely N-dealkylation sites (N-methyl/N-ethyl adjacent to an activating group) is 1. The fourth-order valence-corrected chi connectivity index (χ4v) is 0.732. The minimum absolute atomic E-state index is 0. The van der Waals surface area contributed by atoms with E-state index in [0.717, 1.165) is 0 Å². The van der Waals surface area contributed by atoms with E-state index in [9.17, 15) is 4.57 Å². The van der Waals surface area contributed by atoms with E-state index in [-0.39, 0.29) is 36.4 Å². The third kappa shape index (κ3) is 18.6. The molecule has 0 atom stereocenters. The second-order valence-electron chi connectivity index (χ2n) is 2.32. The van der Waals surface area contributed by atoms with Crippen LogP contribution >= 0.6 is 7.92 Å². The molecular formula is C5H19NO6P+. The summed E-state index contributed by atoms with van der Waals surface area (Å²) in [6, 6.07) is 0. The van der Waals surface area contributed by atoms with E-state index in [0.29, 0.717) is 11.0 Å². The Bertz CT molecular complexity index is 176. The van der Waals surface area contributed by atoms with Crippen LogP contribution in [-0.2, 0) is 4.57 Å². The van der Waals surface area contributed by atoms with E-state index < -0.39 is 0 Å². The van der Waals surface area contributed by atoms with Crippen molar-refractivity contribution in [2.75, 3.05) is 27.2 Å². The maximum atomic E-state index is 9.98. The first-order valence-electron chi connectivity index (χ1n) is 2.66. The quantitative estimate of drug-likeness (QED) is 0.386.